The van der Waals surface area contributed by atoms with E-state index in [2.05, 4.69) is 5.32 Å². The average Bonchev–Trinajstić information content (AvgIpc) is 2.97. The molecule has 0 saturated heterocycles. The predicted octanol–water partition coefficient (Wildman–Crippen LogP) is 0.875. The molecule has 0 bridgehead atoms. The molecule has 0 aromatic heterocycles. The second-order valence-corrected chi connectivity index (χ2v) is 5.71. The molecule has 18 heavy (non-hydrogen) atoms. The molecule has 2 aliphatic rings. The number of carboxylic acid groups (broad SMARTS) is 1. The first-order chi connectivity index (χ1) is 8.57. The summed E-state index contributed by atoms with van der Waals surface area (Å²) in [5, 5.41) is 12.0. The van der Waals surface area contributed by atoms with E-state index in [0.29, 0.717) is 19.4 Å². The number of amides is 1. The molecule has 2 atom stereocenters. The molecular weight excluding hydrogens is 232 g/mol. The number of nitrogens with two attached hydrogens (primary N) is 1. The zero-order valence-electron chi connectivity index (χ0n) is 10.7. The van der Waals surface area contributed by atoms with E-state index in [4.69, 9.17) is 10.8 Å². The normalized spacial score (nSPS) is 30.3. The second kappa shape index (κ2) is 5.26. The lowest BCUT2D eigenvalue weighted by atomic mass is 9.85. The third kappa shape index (κ3) is 2.51. The molecule has 0 aliphatic heterocycles. The van der Waals surface area contributed by atoms with Crippen molar-refractivity contribution >= 4 is 11.9 Å². The monoisotopic (exact) mass is 254 g/mol. The summed E-state index contributed by atoms with van der Waals surface area (Å²) in [5.74, 6) is -1.01. The minimum absolute atomic E-state index is 0.0163. The summed E-state index contributed by atoms with van der Waals surface area (Å²) < 4.78 is 0. The average molecular weight is 254 g/mol. The van der Waals surface area contributed by atoms with Gasteiger partial charge in [-0.2, -0.15) is 0 Å². The van der Waals surface area contributed by atoms with E-state index >= 15 is 0 Å². The summed E-state index contributed by atoms with van der Waals surface area (Å²) >= 11 is 0. The molecule has 5 nitrogen and oxygen atoms in total. The van der Waals surface area contributed by atoms with Crippen LogP contribution in [0, 0.1) is 11.3 Å². The van der Waals surface area contributed by atoms with E-state index in [9.17, 15) is 9.59 Å². The van der Waals surface area contributed by atoms with Gasteiger partial charge in [0.25, 0.3) is 0 Å². The van der Waals surface area contributed by atoms with E-state index < -0.39 is 5.97 Å². The van der Waals surface area contributed by atoms with Crippen LogP contribution in [0.3, 0.4) is 0 Å². The van der Waals surface area contributed by atoms with Gasteiger partial charge in [0.1, 0.15) is 0 Å². The molecule has 2 fully saturated rings. The SMILES string of the molecule is NCC1(C(=O)NC2CCC(C(=O)O)C2)CCCC1. The van der Waals surface area contributed by atoms with Gasteiger partial charge < -0.3 is 16.2 Å². The molecule has 2 unspecified atom stereocenters. The van der Waals surface area contributed by atoms with Crippen molar-refractivity contribution in [2.24, 2.45) is 17.1 Å². The van der Waals surface area contributed by atoms with Crippen molar-refractivity contribution in [1.29, 1.82) is 0 Å². The van der Waals surface area contributed by atoms with E-state index in [1.165, 1.54) is 0 Å². The first-order valence-electron chi connectivity index (χ1n) is 6.81. The second-order valence-electron chi connectivity index (χ2n) is 5.71. The minimum Gasteiger partial charge on any atom is -0.481 e. The summed E-state index contributed by atoms with van der Waals surface area (Å²) in [5.41, 5.74) is 5.38. The van der Waals surface area contributed by atoms with Crippen LogP contribution in [0.1, 0.15) is 44.9 Å². The number of aliphatic carboxylic acids is 1. The summed E-state index contributed by atoms with van der Waals surface area (Å²) in [6, 6.07) is 0.0163. The Balaban J connectivity index is 1.90. The fourth-order valence-electron chi connectivity index (χ4n) is 3.25. The third-order valence-corrected chi connectivity index (χ3v) is 4.55. The molecular formula is C13H22N2O3. The lowest BCUT2D eigenvalue weighted by Gasteiger charge is -2.27. The van der Waals surface area contributed by atoms with Crippen LogP contribution in [0.25, 0.3) is 0 Å². The van der Waals surface area contributed by atoms with Crippen LogP contribution < -0.4 is 11.1 Å². The minimum atomic E-state index is -0.749. The maximum absolute atomic E-state index is 12.3. The Bertz CT molecular complexity index is 337. The Hall–Kier alpha value is -1.10. The van der Waals surface area contributed by atoms with Crippen molar-refractivity contribution in [3.63, 3.8) is 0 Å². The molecule has 5 heteroatoms. The number of nitrogens with one attached hydrogen (secondary N) is 1. The van der Waals surface area contributed by atoms with Crippen LogP contribution in [-0.4, -0.2) is 29.6 Å². The van der Waals surface area contributed by atoms with Gasteiger partial charge in [-0.25, -0.2) is 0 Å². The Morgan fingerprint density at radius 2 is 1.94 bits per heavy atom. The van der Waals surface area contributed by atoms with E-state index in [0.717, 1.165) is 32.1 Å². The van der Waals surface area contributed by atoms with Crippen LogP contribution >= 0.6 is 0 Å². The summed E-state index contributed by atoms with van der Waals surface area (Å²) in [4.78, 5) is 23.2. The molecule has 0 heterocycles. The quantitative estimate of drug-likeness (QED) is 0.694. The van der Waals surface area contributed by atoms with E-state index in [-0.39, 0.29) is 23.3 Å². The highest BCUT2D eigenvalue weighted by Crippen LogP contribution is 2.38. The number of hydrogen-bond acceptors (Lipinski definition) is 3. The molecule has 0 aromatic rings. The Labute approximate surface area is 107 Å². The van der Waals surface area contributed by atoms with Gasteiger partial charge in [-0.15, -0.1) is 0 Å². The smallest absolute Gasteiger partial charge is 0.306 e. The molecule has 1 amide bonds. The van der Waals surface area contributed by atoms with Crippen molar-refractivity contribution < 1.29 is 14.7 Å². The fourth-order valence-corrected chi connectivity index (χ4v) is 3.25. The van der Waals surface area contributed by atoms with E-state index in [1.54, 1.807) is 0 Å². The molecule has 2 aliphatic carbocycles. The van der Waals surface area contributed by atoms with Gasteiger partial charge in [0.2, 0.25) is 5.91 Å². The van der Waals surface area contributed by atoms with Gasteiger partial charge >= 0.3 is 5.97 Å². The lowest BCUT2D eigenvalue weighted by Crippen LogP contribution is -2.47. The van der Waals surface area contributed by atoms with Crippen LogP contribution in [0.2, 0.25) is 0 Å². The maximum atomic E-state index is 12.3. The molecule has 0 aromatic carbocycles. The molecule has 2 saturated carbocycles. The highest BCUT2D eigenvalue weighted by molar-refractivity contribution is 5.83. The molecule has 102 valence electrons. The Morgan fingerprint density at radius 3 is 2.44 bits per heavy atom. The van der Waals surface area contributed by atoms with Crippen molar-refractivity contribution in [2.45, 2.75) is 51.0 Å². The zero-order chi connectivity index (χ0) is 13.2. The first kappa shape index (κ1) is 13.3. The van der Waals surface area contributed by atoms with Crippen molar-refractivity contribution in [2.75, 3.05) is 6.54 Å². The van der Waals surface area contributed by atoms with Crippen molar-refractivity contribution in [3.05, 3.63) is 0 Å². The van der Waals surface area contributed by atoms with Crippen molar-refractivity contribution in [1.82, 2.24) is 5.32 Å². The highest BCUT2D eigenvalue weighted by atomic mass is 16.4. The third-order valence-electron chi connectivity index (χ3n) is 4.55. The van der Waals surface area contributed by atoms with Gasteiger partial charge in [-0.05, 0) is 32.1 Å². The van der Waals surface area contributed by atoms with Gasteiger partial charge in [0.05, 0.1) is 11.3 Å². The number of carbonyl (C=O) groups is 2. The van der Waals surface area contributed by atoms with Crippen molar-refractivity contribution in [3.8, 4) is 0 Å². The summed E-state index contributed by atoms with van der Waals surface area (Å²) in [7, 11) is 0. The number of carbonyl (C=O) groups excluding carboxylic acids is 1. The highest BCUT2D eigenvalue weighted by Gasteiger charge is 2.41. The first-order valence-corrected chi connectivity index (χ1v) is 6.81. The standard InChI is InChI=1S/C13H22N2O3/c14-8-13(5-1-2-6-13)12(18)15-10-4-3-9(7-10)11(16)17/h9-10H,1-8,14H2,(H,15,18)(H,16,17). The maximum Gasteiger partial charge on any atom is 0.306 e. The molecule has 4 N–H and O–H groups in total. The largest absolute Gasteiger partial charge is 0.481 e. The van der Waals surface area contributed by atoms with Gasteiger partial charge in [0.15, 0.2) is 0 Å². The Kier molecular flexibility index (Phi) is 3.90. The van der Waals surface area contributed by atoms with Crippen LogP contribution in [0.5, 0.6) is 0 Å². The van der Waals surface area contributed by atoms with E-state index in [1.807, 2.05) is 0 Å². The topological polar surface area (TPSA) is 92.4 Å². The van der Waals surface area contributed by atoms with Crippen LogP contribution in [0.15, 0.2) is 0 Å². The predicted molar refractivity (Wildman–Crippen MR) is 66.9 cm³/mol. The molecule has 0 radical (unpaired) electrons. The Morgan fingerprint density at radius 1 is 1.28 bits per heavy atom. The van der Waals surface area contributed by atoms with Crippen LogP contribution in [-0.2, 0) is 9.59 Å². The van der Waals surface area contributed by atoms with Gasteiger partial charge in [0, 0.05) is 12.6 Å². The number of rotatable bonds is 4. The fraction of sp³-hybridized carbons (Fsp3) is 0.846. The zero-order valence-corrected chi connectivity index (χ0v) is 10.7. The lowest BCUT2D eigenvalue weighted by molar-refractivity contribution is -0.141. The molecule has 0 spiro atoms. The molecule has 2 rings (SSSR count). The van der Waals surface area contributed by atoms with Gasteiger partial charge in [-0.3, -0.25) is 9.59 Å². The number of hydrogen-bond donors (Lipinski definition) is 3. The number of carboxylic acids is 1. The van der Waals surface area contributed by atoms with Gasteiger partial charge in [-0.1, -0.05) is 12.8 Å². The van der Waals surface area contributed by atoms with Crippen LogP contribution in [0.4, 0.5) is 0 Å². The summed E-state index contributed by atoms with van der Waals surface area (Å²) in [6.45, 7) is 0.397. The summed E-state index contributed by atoms with van der Waals surface area (Å²) in [6.07, 6.45) is 5.84.